The molecule has 1 radical (unpaired) electrons. The van der Waals surface area contributed by atoms with E-state index in [4.69, 9.17) is 9.15 Å². The van der Waals surface area contributed by atoms with Crippen molar-refractivity contribution in [2.45, 2.75) is 0 Å². The molecule has 0 saturated carbocycles. The molecule has 0 saturated heterocycles. The largest absolute Gasteiger partial charge is 0.441 e. The molecule has 1 aliphatic rings. The van der Waals surface area contributed by atoms with Crippen molar-refractivity contribution in [1.82, 2.24) is 15.3 Å². The van der Waals surface area contributed by atoms with E-state index in [-0.39, 0.29) is 11.8 Å². The summed E-state index contributed by atoms with van der Waals surface area (Å²) in [5.41, 5.74) is 0. The van der Waals surface area contributed by atoms with E-state index in [1.165, 1.54) is 12.8 Å². The summed E-state index contributed by atoms with van der Waals surface area (Å²) in [4.78, 5) is 0. The van der Waals surface area contributed by atoms with E-state index in [0.29, 0.717) is 0 Å². The molecule has 10 heavy (non-hydrogen) atoms. The van der Waals surface area contributed by atoms with Gasteiger partial charge in [-0.25, -0.2) is 0 Å². The van der Waals surface area contributed by atoms with Crippen molar-refractivity contribution in [2.24, 2.45) is 5.10 Å². The minimum absolute atomic E-state index is 0.234. The molecule has 1 aromatic rings. The monoisotopic (exact) mass is 138 g/mol. The second-order valence-corrected chi connectivity index (χ2v) is 1.49. The first kappa shape index (κ1) is 5.10. The Kier molecular flexibility index (Phi) is 0.970. The molecular weight excluding hydrogens is 136 g/mol. The molecule has 2 rings (SSSR count). The number of hydrogen-bond donors (Lipinski definition) is 0. The van der Waals surface area contributed by atoms with Crippen molar-refractivity contribution in [1.29, 1.82) is 0 Å². The minimum atomic E-state index is 0.234. The highest BCUT2D eigenvalue weighted by Crippen LogP contribution is 1.97. The van der Waals surface area contributed by atoms with Gasteiger partial charge in [0.25, 0.3) is 0 Å². The number of hydrogen-bond acceptors (Lipinski definition) is 6. The van der Waals surface area contributed by atoms with Crippen LogP contribution in [-0.4, -0.2) is 22.5 Å². The second-order valence-electron chi connectivity index (χ2n) is 1.49. The fraction of sp³-hybridized carbons (Fsp3) is 0. The van der Waals surface area contributed by atoms with Crippen LogP contribution in [0.15, 0.2) is 15.9 Å². The van der Waals surface area contributed by atoms with Gasteiger partial charge in [-0.05, 0) is 0 Å². The zero-order chi connectivity index (χ0) is 6.81. The lowest BCUT2D eigenvalue weighted by atomic mass is 10.7. The molecule has 2 heterocycles. The summed E-state index contributed by atoms with van der Waals surface area (Å²) in [6, 6.07) is 0. The molecule has 6 nitrogen and oxygen atoms in total. The Morgan fingerprint density at radius 1 is 1.50 bits per heavy atom. The average Bonchev–Trinajstić information content (AvgIpc) is 2.59. The van der Waals surface area contributed by atoms with E-state index >= 15 is 0 Å². The SMILES string of the molecule is C1=[N+]N=C(c2nnco2)O1. The molecule has 0 bridgehead atoms. The summed E-state index contributed by atoms with van der Waals surface area (Å²) >= 11 is 0. The lowest BCUT2D eigenvalue weighted by Gasteiger charge is -1.82. The van der Waals surface area contributed by atoms with E-state index in [2.05, 4.69) is 20.4 Å². The molecule has 0 aromatic carbocycles. The lowest BCUT2D eigenvalue weighted by Crippen LogP contribution is -2.00. The fourth-order valence-corrected chi connectivity index (χ4v) is 0.533. The van der Waals surface area contributed by atoms with Crippen LogP contribution in [0.1, 0.15) is 5.89 Å². The lowest BCUT2D eigenvalue weighted by molar-refractivity contribution is 0.500. The smallest absolute Gasteiger partial charge is 0.420 e. The average molecular weight is 138 g/mol. The highest BCUT2D eigenvalue weighted by atomic mass is 16.5. The second kappa shape index (κ2) is 1.90. The van der Waals surface area contributed by atoms with E-state index in [1.54, 1.807) is 0 Å². The Morgan fingerprint density at radius 2 is 2.50 bits per heavy atom. The van der Waals surface area contributed by atoms with Gasteiger partial charge < -0.3 is 9.15 Å². The van der Waals surface area contributed by atoms with E-state index in [9.17, 15) is 0 Å². The zero-order valence-electron chi connectivity index (χ0n) is 4.76. The number of aromatic nitrogens is 2. The van der Waals surface area contributed by atoms with Crippen LogP contribution >= 0.6 is 0 Å². The first-order valence-electron chi connectivity index (χ1n) is 2.49. The summed E-state index contributed by atoms with van der Waals surface area (Å²) in [6.07, 6.45) is 2.39. The first-order chi connectivity index (χ1) is 4.97. The van der Waals surface area contributed by atoms with Crippen molar-refractivity contribution in [3.05, 3.63) is 12.3 Å². The van der Waals surface area contributed by atoms with E-state index in [0.717, 1.165) is 0 Å². The Bertz CT molecular complexity index is 275. The molecule has 0 fully saturated rings. The van der Waals surface area contributed by atoms with Gasteiger partial charge in [-0.1, -0.05) is 0 Å². The third kappa shape index (κ3) is 0.661. The van der Waals surface area contributed by atoms with Crippen LogP contribution in [0.3, 0.4) is 0 Å². The van der Waals surface area contributed by atoms with Crippen LogP contribution in [-0.2, 0) is 4.74 Å². The van der Waals surface area contributed by atoms with Crippen molar-refractivity contribution < 1.29 is 9.15 Å². The van der Waals surface area contributed by atoms with Crippen LogP contribution in [0.2, 0.25) is 0 Å². The number of nitrogens with zero attached hydrogens (tertiary/aromatic N) is 4. The van der Waals surface area contributed by atoms with Gasteiger partial charge in [0.2, 0.25) is 11.5 Å². The Hall–Kier alpha value is -1.72. The molecule has 1 aliphatic heterocycles. The standard InChI is InChI=1S/C4H2N4O2/c1-5-7-3(9-1)4-8-6-2-10-4/h1-2H/q+1. The van der Waals surface area contributed by atoms with Crippen molar-refractivity contribution in [3.8, 4) is 0 Å². The van der Waals surface area contributed by atoms with Gasteiger partial charge in [-0.15, -0.1) is 10.2 Å². The molecule has 1 aromatic heterocycles. The van der Waals surface area contributed by atoms with Crippen LogP contribution in [0.25, 0.3) is 0 Å². The zero-order valence-corrected chi connectivity index (χ0v) is 4.76. The predicted octanol–water partition coefficient (Wildman–Crippen LogP) is -0.875. The number of rotatable bonds is 1. The predicted molar refractivity (Wildman–Crippen MR) is 30.1 cm³/mol. The topological polar surface area (TPSA) is 74.6 Å². The van der Waals surface area contributed by atoms with Crippen LogP contribution in [0, 0.1) is 0 Å². The van der Waals surface area contributed by atoms with Crippen LogP contribution < -0.4 is 5.10 Å². The summed E-state index contributed by atoms with van der Waals surface area (Å²) in [7, 11) is 0. The Morgan fingerprint density at radius 3 is 3.10 bits per heavy atom. The maximum atomic E-state index is 4.76. The molecule has 0 N–H and O–H groups in total. The van der Waals surface area contributed by atoms with Crippen molar-refractivity contribution in [3.63, 3.8) is 0 Å². The number of ether oxygens (including phenoxy) is 1. The fourth-order valence-electron chi connectivity index (χ4n) is 0.533. The summed E-state index contributed by atoms with van der Waals surface area (Å²) in [6.45, 7) is 0. The maximum Gasteiger partial charge on any atom is 0.441 e. The molecule has 0 unspecified atom stereocenters. The summed E-state index contributed by atoms with van der Waals surface area (Å²) < 4.78 is 9.52. The highest BCUT2D eigenvalue weighted by molar-refractivity contribution is 5.95. The quantitative estimate of drug-likeness (QED) is 0.505. The summed E-state index contributed by atoms with van der Waals surface area (Å²) in [5, 5.41) is 14.0. The highest BCUT2D eigenvalue weighted by Gasteiger charge is 2.20. The van der Waals surface area contributed by atoms with Gasteiger partial charge in [-0.2, -0.15) is 0 Å². The van der Waals surface area contributed by atoms with Crippen LogP contribution in [0.4, 0.5) is 0 Å². The van der Waals surface area contributed by atoms with Gasteiger partial charge in [-0.3, -0.25) is 0 Å². The van der Waals surface area contributed by atoms with Gasteiger partial charge in [0.15, 0.2) is 0 Å². The Balaban J connectivity index is 2.30. The molecule has 6 heteroatoms. The third-order valence-electron chi connectivity index (χ3n) is 0.903. The molecule has 0 atom stereocenters. The maximum absolute atomic E-state index is 4.76. The van der Waals surface area contributed by atoms with Crippen LogP contribution in [0.5, 0.6) is 0 Å². The molecule has 0 spiro atoms. The van der Waals surface area contributed by atoms with Crippen molar-refractivity contribution >= 4 is 12.3 Å². The molecule has 49 valence electrons. The van der Waals surface area contributed by atoms with E-state index < -0.39 is 0 Å². The molecular formula is C4H2N4O2+. The normalized spacial score (nSPS) is 15.0. The summed E-state index contributed by atoms with van der Waals surface area (Å²) in [5.74, 6) is 0.468. The molecule has 0 amide bonds. The minimum Gasteiger partial charge on any atom is -0.420 e. The van der Waals surface area contributed by atoms with Crippen molar-refractivity contribution in [2.75, 3.05) is 0 Å². The van der Waals surface area contributed by atoms with Gasteiger partial charge in [0.1, 0.15) is 5.10 Å². The van der Waals surface area contributed by atoms with Gasteiger partial charge >= 0.3 is 18.2 Å². The van der Waals surface area contributed by atoms with Gasteiger partial charge in [0, 0.05) is 0 Å². The van der Waals surface area contributed by atoms with Gasteiger partial charge in [0.05, 0.1) is 0 Å². The van der Waals surface area contributed by atoms with E-state index in [1.807, 2.05) is 0 Å². The molecule has 0 aliphatic carbocycles. The Labute approximate surface area is 55.2 Å². The third-order valence-corrected chi connectivity index (χ3v) is 0.903. The first-order valence-corrected chi connectivity index (χ1v) is 2.49.